The zero-order valence-electron chi connectivity index (χ0n) is 12.1. The molecule has 1 aliphatic carbocycles. The van der Waals surface area contributed by atoms with Crippen LogP contribution in [-0.4, -0.2) is 11.6 Å². The van der Waals surface area contributed by atoms with E-state index in [4.69, 9.17) is 4.74 Å². The highest BCUT2D eigenvalue weighted by Gasteiger charge is 2.74. The van der Waals surface area contributed by atoms with E-state index in [1.807, 2.05) is 0 Å². The van der Waals surface area contributed by atoms with E-state index in [2.05, 4.69) is 41.5 Å². The first-order valence-corrected chi connectivity index (χ1v) is 6.99. The third kappa shape index (κ3) is 1.19. The summed E-state index contributed by atoms with van der Waals surface area (Å²) in [5, 5.41) is 0. The maximum absolute atomic E-state index is 12.4. The quantitative estimate of drug-likeness (QED) is 0.684. The fourth-order valence-corrected chi connectivity index (χ4v) is 4.75. The van der Waals surface area contributed by atoms with Crippen LogP contribution in [0.5, 0.6) is 0 Å². The lowest BCUT2D eigenvalue weighted by Crippen LogP contribution is -2.48. The molecule has 1 saturated heterocycles. The van der Waals surface area contributed by atoms with E-state index in [0.29, 0.717) is 11.8 Å². The van der Waals surface area contributed by atoms with Crippen molar-refractivity contribution in [3.63, 3.8) is 0 Å². The third-order valence-corrected chi connectivity index (χ3v) is 6.29. The molecule has 98 valence electrons. The van der Waals surface area contributed by atoms with Gasteiger partial charge in [-0.2, -0.15) is 0 Å². The summed E-state index contributed by atoms with van der Waals surface area (Å²) < 4.78 is 5.75. The molecule has 0 aromatic heterocycles. The average Bonchev–Trinajstić information content (AvgIpc) is 2.56. The van der Waals surface area contributed by atoms with Crippen molar-refractivity contribution in [2.24, 2.45) is 22.7 Å². The maximum Gasteiger partial charge on any atom is 0.313 e. The predicted octanol–water partition coefficient (Wildman–Crippen LogP) is 3.79. The molecule has 17 heavy (non-hydrogen) atoms. The summed E-state index contributed by atoms with van der Waals surface area (Å²) in [5.41, 5.74) is -0.637. The summed E-state index contributed by atoms with van der Waals surface area (Å²) in [6, 6.07) is 0. The predicted molar refractivity (Wildman–Crippen MR) is 68.6 cm³/mol. The molecule has 2 rings (SSSR count). The Balaban J connectivity index is 2.58. The van der Waals surface area contributed by atoms with Crippen LogP contribution in [0.2, 0.25) is 0 Å². The van der Waals surface area contributed by atoms with E-state index in [9.17, 15) is 4.79 Å². The molecule has 0 amide bonds. The highest BCUT2D eigenvalue weighted by Crippen LogP contribution is 2.70. The van der Waals surface area contributed by atoms with Gasteiger partial charge >= 0.3 is 5.97 Å². The van der Waals surface area contributed by atoms with Gasteiger partial charge in [0.1, 0.15) is 5.60 Å². The van der Waals surface area contributed by atoms with E-state index in [1.165, 1.54) is 6.42 Å². The first-order chi connectivity index (χ1) is 7.75. The van der Waals surface area contributed by atoms with Gasteiger partial charge in [0.15, 0.2) is 0 Å². The Bertz CT molecular complexity index is 347. The summed E-state index contributed by atoms with van der Waals surface area (Å²) in [6.45, 7) is 13.1. The topological polar surface area (TPSA) is 26.3 Å². The lowest BCUT2D eigenvalue weighted by Gasteiger charge is -2.44. The highest BCUT2D eigenvalue weighted by molar-refractivity contribution is 5.82. The molecule has 0 bridgehead atoms. The Morgan fingerprint density at radius 2 is 1.65 bits per heavy atom. The van der Waals surface area contributed by atoms with Gasteiger partial charge in [-0.05, 0) is 39.0 Å². The molecule has 1 aliphatic heterocycles. The van der Waals surface area contributed by atoms with Crippen LogP contribution in [0.4, 0.5) is 0 Å². The smallest absolute Gasteiger partial charge is 0.313 e. The number of ether oxygens (including phenoxy) is 1. The van der Waals surface area contributed by atoms with E-state index < -0.39 is 0 Å². The SMILES string of the molecule is CCC1CC(CC)C2(C)C(C)(C)OC(=O)C12C. The summed E-state index contributed by atoms with van der Waals surface area (Å²) >= 11 is 0. The van der Waals surface area contributed by atoms with Crippen LogP contribution in [0.25, 0.3) is 0 Å². The molecule has 4 atom stereocenters. The summed E-state index contributed by atoms with van der Waals surface area (Å²) in [6.07, 6.45) is 3.40. The van der Waals surface area contributed by atoms with Gasteiger partial charge in [-0.1, -0.05) is 33.6 Å². The van der Waals surface area contributed by atoms with Crippen molar-refractivity contribution in [2.75, 3.05) is 0 Å². The molecule has 2 fully saturated rings. The molecule has 0 spiro atoms. The fraction of sp³-hybridized carbons (Fsp3) is 0.933. The second-order valence-electron chi connectivity index (χ2n) is 6.75. The molecular weight excluding hydrogens is 212 g/mol. The second-order valence-corrected chi connectivity index (χ2v) is 6.75. The maximum atomic E-state index is 12.4. The molecule has 0 N–H and O–H groups in total. The van der Waals surface area contributed by atoms with Gasteiger partial charge in [0, 0.05) is 5.41 Å². The van der Waals surface area contributed by atoms with E-state index >= 15 is 0 Å². The van der Waals surface area contributed by atoms with Crippen LogP contribution in [0, 0.1) is 22.7 Å². The second kappa shape index (κ2) is 3.49. The van der Waals surface area contributed by atoms with Crippen LogP contribution >= 0.6 is 0 Å². The standard InChI is InChI=1S/C15H26O2/c1-7-10-9-11(8-2)15(6)13(3,4)17-12(16)14(10,15)5/h10-11H,7-9H2,1-6H3. The number of hydrogen-bond donors (Lipinski definition) is 0. The van der Waals surface area contributed by atoms with Crippen LogP contribution < -0.4 is 0 Å². The van der Waals surface area contributed by atoms with E-state index in [0.717, 1.165) is 12.8 Å². The van der Waals surface area contributed by atoms with Gasteiger partial charge in [-0.25, -0.2) is 0 Å². The molecule has 1 saturated carbocycles. The highest BCUT2D eigenvalue weighted by atomic mass is 16.6. The van der Waals surface area contributed by atoms with E-state index in [-0.39, 0.29) is 22.4 Å². The third-order valence-electron chi connectivity index (χ3n) is 6.29. The summed E-state index contributed by atoms with van der Waals surface area (Å²) in [5.74, 6) is 1.11. The average molecular weight is 238 g/mol. The Morgan fingerprint density at radius 3 is 2.12 bits per heavy atom. The molecule has 2 nitrogen and oxygen atoms in total. The number of esters is 1. The molecule has 0 aromatic rings. The van der Waals surface area contributed by atoms with Gasteiger partial charge in [0.25, 0.3) is 0 Å². The minimum Gasteiger partial charge on any atom is -0.459 e. The molecule has 2 heteroatoms. The fourth-order valence-electron chi connectivity index (χ4n) is 4.75. The normalized spacial score (nSPS) is 48.0. The number of carbonyl (C=O) groups is 1. The van der Waals surface area contributed by atoms with Crippen LogP contribution in [0.15, 0.2) is 0 Å². The van der Waals surface area contributed by atoms with Gasteiger partial charge in [0.05, 0.1) is 5.41 Å². The molecular formula is C15H26O2. The van der Waals surface area contributed by atoms with Gasteiger partial charge in [-0.3, -0.25) is 4.79 Å². The number of rotatable bonds is 2. The first kappa shape index (κ1) is 12.9. The Labute approximate surface area is 105 Å². The largest absolute Gasteiger partial charge is 0.459 e. The van der Waals surface area contributed by atoms with Crippen molar-refractivity contribution in [2.45, 2.75) is 66.4 Å². The molecule has 4 unspecified atom stereocenters. The van der Waals surface area contributed by atoms with Crippen molar-refractivity contribution in [1.82, 2.24) is 0 Å². The minimum atomic E-state index is -0.330. The number of carbonyl (C=O) groups excluding carboxylic acids is 1. The van der Waals surface area contributed by atoms with Crippen molar-refractivity contribution in [3.8, 4) is 0 Å². The number of cyclic esters (lactones) is 1. The van der Waals surface area contributed by atoms with Gasteiger partial charge in [-0.15, -0.1) is 0 Å². The first-order valence-electron chi connectivity index (χ1n) is 6.99. The number of hydrogen-bond acceptors (Lipinski definition) is 2. The van der Waals surface area contributed by atoms with Crippen molar-refractivity contribution in [3.05, 3.63) is 0 Å². The molecule has 0 aromatic carbocycles. The molecule has 1 heterocycles. The lowest BCUT2D eigenvalue weighted by molar-refractivity contribution is -0.154. The summed E-state index contributed by atoms with van der Waals surface area (Å²) in [7, 11) is 0. The van der Waals surface area contributed by atoms with E-state index in [1.54, 1.807) is 0 Å². The van der Waals surface area contributed by atoms with Gasteiger partial charge < -0.3 is 4.74 Å². The van der Waals surface area contributed by atoms with Gasteiger partial charge in [0.2, 0.25) is 0 Å². The molecule has 2 aliphatic rings. The minimum absolute atomic E-state index is 0.0213. The van der Waals surface area contributed by atoms with Crippen LogP contribution in [0.3, 0.4) is 0 Å². The Morgan fingerprint density at radius 1 is 1.12 bits per heavy atom. The molecule has 0 radical (unpaired) electrons. The van der Waals surface area contributed by atoms with Crippen molar-refractivity contribution < 1.29 is 9.53 Å². The van der Waals surface area contributed by atoms with Crippen LogP contribution in [-0.2, 0) is 9.53 Å². The zero-order chi connectivity index (χ0) is 13.1. The van der Waals surface area contributed by atoms with Crippen LogP contribution in [0.1, 0.15) is 60.8 Å². The summed E-state index contributed by atoms with van der Waals surface area (Å²) in [4.78, 5) is 12.4. The van der Waals surface area contributed by atoms with Crippen molar-refractivity contribution in [1.29, 1.82) is 0 Å². The monoisotopic (exact) mass is 238 g/mol. The zero-order valence-corrected chi connectivity index (χ0v) is 12.1. The lowest BCUT2D eigenvalue weighted by atomic mass is 9.56. The Kier molecular flexibility index (Phi) is 2.65. The van der Waals surface area contributed by atoms with Crippen molar-refractivity contribution >= 4 is 5.97 Å². The number of fused-ring (bicyclic) bond motifs is 1. The Hall–Kier alpha value is -0.530.